The van der Waals surface area contributed by atoms with Crippen molar-refractivity contribution in [3.05, 3.63) is 23.8 Å². The van der Waals surface area contributed by atoms with E-state index < -0.39 is 0 Å². The van der Waals surface area contributed by atoms with E-state index in [0.29, 0.717) is 12.5 Å². The van der Waals surface area contributed by atoms with E-state index in [0.717, 1.165) is 16.9 Å². The first-order valence-corrected chi connectivity index (χ1v) is 5.86. The lowest BCUT2D eigenvalue weighted by Crippen LogP contribution is -2.32. The van der Waals surface area contributed by atoms with Crippen molar-refractivity contribution in [3.63, 3.8) is 0 Å². The van der Waals surface area contributed by atoms with Crippen LogP contribution in [0.1, 0.15) is 19.4 Å². The second-order valence-electron chi connectivity index (χ2n) is 4.57. The Balaban J connectivity index is 2.45. The van der Waals surface area contributed by atoms with Gasteiger partial charge in [-0.2, -0.15) is 0 Å². The highest BCUT2D eigenvalue weighted by Crippen LogP contribution is 2.19. The van der Waals surface area contributed by atoms with E-state index >= 15 is 0 Å². The molecule has 0 bridgehead atoms. The minimum atomic E-state index is 0.000486. The Hall–Kier alpha value is -1.71. The molecule has 4 N–H and O–H groups in total. The molecule has 0 heterocycles. The zero-order valence-electron chi connectivity index (χ0n) is 10.7. The fraction of sp³-hybridized carbons (Fsp3) is 0.462. The lowest BCUT2D eigenvalue weighted by atomic mass is 10.1. The molecule has 1 aromatic carbocycles. The minimum absolute atomic E-state index is 0.000486. The van der Waals surface area contributed by atoms with Gasteiger partial charge in [-0.3, -0.25) is 4.79 Å². The van der Waals surface area contributed by atoms with E-state index in [4.69, 9.17) is 5.73 Å². The Morgan fingerprint density at radius 2 is 2.12 bits per heavy atom. The molecule has 0 aromatic heterocycles. The van der Waals surface area contributed by atoms with E-state index in [1.165, 1.54) is 0 Å². The van der Waals surface area contributed by atoms with Gasteiger partial charge in [0.05, 0.1) is 6.54 Å². The van der Waals surface area contributed by atoms with Crippen molar-refractivity contribution in [2.75, 3.05) is 24.1 Å². The van der Waals surface area contributed by atoms with Crippen molar-refractivity contribution >= 4 is 17.3 Å². The zero-order valence-corrected chi connectivity index (χ0v) is 10.7. The smallest absolute Gasteiger partial charge is 0.239 e. The summed E-state index contributed by atoms with van der Waals surface area (Å²) in [4.78, 5) is 11.5. The van der Waals surface area contributed by atoms with Crippen molar-refractivity contribution in [1.82, 2.24) is 5.32 Å². The minimum Gasteiger partial charge on any atom is -0.398 e. The Labute approximate surface area is 103 Å². The zero-order chi connectivity index (χ0) is 12.8. The largest absolute Gasteiger partial charge is 0.398 e. The summed E-state index contributed by atoms with van der Waals surface area (Å²) < 4.78 is 0. The molecule has 1 rings (SSSR count). The van der Waals surface area contributed by atoms with Gasteiger partial charge in [-0.1, -0.05) is 19.9 Å². The van der Waals surface area contributed by atoms with Crippen LogP contribution in [0.4, 0.5) is 11.4 Å². The quantitative estimate of drug-likeness (QED) is 0.681. The number of nitrogen functional groups attached to an aromatic ring is 1. The first kappa shape index (κ1) is 13.4. The molecule has 94 valence electrons. The third-order valence-corrected chi connectivity index (χ3v) is 2.52. The molecule has 0 atom stereocenters. The molecule has 0 aliphatic heterocycles. The predicted octanol–water partition coefficient (Wildman–Crippen LogP) is 1.76. The first-order chi connectivity index (χ1) is 8.00. The van der Waals surface area contributed by atoms with Gasteiger partial charge in [0, 0.05) is 17.9 Å². The van der Waals surface area contributed by atoms with Gasteiger partial charge in [-0.05, 0) is 30.5 Å². The first-order valence-electron chi connectivity index (χ1n) is 5.86. The molecular formula is C13H21N3O. The number of hydrogen-bond donors (Lipinski definition) is 3. The van der Waals surface area contributed by atoms with Gasteiger partial charge >= 0.3 is 0 Å². The van der Waals surface area contributed by atoms with Gasteiger partial charge in [0.2, 0.25) is 5.91 Å². The van der Waals surface area contributed by atoms with Crippen molar-refractivity contribution < 1.29 is 4.79 Å². The molecule has 0 unspecified atom stereocenters. The Morgan fingerprint density at radius 1 is 1.41 bits per heavy atom. The van der Waals surface area contributed by atoms with Crippen LogP contribution < -0.4 is 16.4 Å². The molecule has 1 aromatic rings. The number of anilines is 2. The van der Waals surface area contributed by atoms with Crippen LogP contribution in [0.15, 0.2) is 18.2 Å². The number of benzene rings is 1. The maximum atomic E-state index is 11.5. The lowest BCUT2D eigenvalue weighted by Gasteiger charge is -2.12. The van der Waals surface area contributed by atoms with E-state index in [-0.39, 0.29) is 12.5 Å². The molecule has 0 spiro atoms. The predicted molar refractivity (Wildman–Crippen MR) is 71.9 cm³/mol. The van der Waals surface area contributed by atoms with Crippen molar-refractivity contribution in [1.29, 1.82) is 0 Å². The summed E-state index contributed by atoms with van der Waals surface area (Å²) in [6.45, 7) is 7.04. The number of carbonyl (C=O) groups excluding carboxylic acids is 1. The Bertz CT molecular complexity index is 388. The molecule has 4 heteroatoms. The number of rotatable bonds is 5. The second kappa shape index (κ2) is 6.13. The summed E-state index contributed by atoms with van der Waals surface area (Å²) in [5, 5.41) is 5.94. The summed E-state index contributed by atoms with van der Waals surface area (Å²) in [5.74, 6) is 0.466. The molecule has 17 heavy (non-hydrogen) atoms. The van der Waals surface area contributed by atoms with E-state index in [1.54, 1.807) is 0 Å². The molecule has 0 saturated carbocycles. The fourth-order valence-corrected chi connectivity index (χ4v) is 1.40. The molecule has 0 radical (unpaired) electrons. The average Bonchev–Trinajstić information content (AvgIpc) is 2.28. The molecule has 0 saturated heterocycles. The maximum Gasteiger partial charge on any atom is 0.239 e. The van der Waals surface area contributed by atoms with E-state index in [1.807, 2.05) is 25.1 Å². The van der Waals surface area contributed by atoms with Gasteiger partial charge in [0.1, 0.15) is 0 Å². The van der Waals surface area contributed by atoms with E-state index in [2.05, 4.69) is 24.5 Å². The van der Waals surface area contributed by atoms with Crippen molar-refractivity contribution in [2.45, 2.75) is 20.8 Å². The van der Waals surface area contributed by atoms with Crippen LogP contribution in [0, 0.1) is 12.8 Å². The number of nitrogens with one attached hydrogen (secondary N) is 2. The van der Waals surface area contributed by atoms with Gasteiger partial charge < -0.3 is 16.4 Å². The molecule has 1 amide bonds. The average molecular weight is 235 g/mol. The third-order valence-electron chi connectivity index (χ3n) is 2.52. The second-order valence-corrected chi connectivity index (χ2v) is 4.57. The monoisotopic (exact) mass is 235 g/mol. The lowest BCUT2D eigenvalue weighted by molar-refractivity contribution is -0.119. The van der Waals surface area contributed by atoms with Gasteiger partial charge in [-0.15, -0.1) is 0 Å². The van der Waals surface area contributed by atoms with Gasteiger partial charge in [-0.25, -0.2) is 0 Å². The molecule has 0 aliphatic rings. The standard InChI is InChI=1S/C13H21N3O/c1-9(2)7-16-13(17)8-15-12-6-4-5-11(14)10(12)3/h4-6,9,15H,7-8,14H2,1-3H3,(H,16,17). The van der Waals surface area contributed by atoms with Crippen LogP contribution in [0.25, 0.3) is 0 Å². The number of hydrogen-bond acceptors (Lipinski definition) is 3. The van der Waals surface area contributed by atoms with Crippen LogP contribution in [0.5, 0.6) is 0 Å². The summed E-state index contributed by atoms with van der Waals surface area (Å²) >= 11 is 0. The normalized spacial score (nSPS) is 10.4. The number of nitrogens with two attached hydrogens (primary N) is 1. The number of amides is 1. The topological polar surface area (TPSA) is 67.1 Å². The van der Waals surface area contributed by atoms with Gasteiger partial charge in [0.15, 0.2) is 0 Å². The van der Waals surface area contributed by atoms with Crippen LogP contribution in [-0.4, -0.2) is 19.0 Å². The van der Waals surface area contributed by atoms with Crippen LogP contribution in [-0.2, 0) is 4.79 Å². The Kier molecular flexibility index (Phi) is 4.82. The fourth-order valence-electron chi connectivity index (χ4n) is 1.40. The number of carbonyl (C=O) groups is 1. The molecule has 4 nitrogen and oxygen atoms in total. The highest BCUT2D eigenvalue weighted by Gasteiger charge is 2.04. The summed E-state index contributed by atoms with van der Waals surface area (Å²) in [6, 6.07) is 5.64. The van der Waals surface area contributed by atoms with Crippen LogP contribution >= 0.6 is 0 Å². The van der Waals surface area contributed by atoms with Crippen LogP contribution in [0.2, 0.25) is 0 Å². The molecular weight excluding hydrogens is 214 g/mol. The summed E-state index contributed by atoms with van der Waals surface area (Å²) in [7, 11) is 0. The highest BCUT2D eigenvalue weighted by atomic mass is 16.1. The van der Waals surface area contributed by atoms with E-state index in [9.17, 15) is 4.79 Å². The summed E-state index contributed by atoms with van der Waals surface area (Å²) in [6.07, 6.45) is 0. The Morgan fingerprint density at radius 3 is 2.76 bits per heavy atom. The van der Waals surface area contributed by atoms with Crippen LogP contribution in [0.3, 0.4) is 0 Å². The molecule has 0 fully saturated rings. The van der Waals surface area contributed by atoms with Gasteiger partial charge in [0.25, 0.3) is 0 Å². The molecule has 0 aliphatic carbocycles. The SMILES string of the molecule is Cc1c(N)cccc1NCC(=O)NCC(C)C. The third kappa shape index (κ3) is 4.34. The maximum absolute atomic E-state index is 11.5. The summed E-state index contributed by atoms with van der Waals surface area (Å²) in [5.41, 5.74) is 8.40. The van der Waals surface area contributed by atoms with Crippen molar-refractivity contribution in [3.8, 4) is 0 Å². The highest BCUT2D eigenvalue weighted by molar-refractivity contribution is 5.81. The van der Waals surface area contributed by atoms with Crippen molar-refractivity contribution in [2.24, 2.45) is 5.92 Å².